The van der Waals surface area contributed by atoms with Crippen molar-refractivity contribution in [3.8, 4) is 11.1 Å². The summed E-state index contributed by atoms with van der Waals surface area (Å²) in [4.78, 5) is 28.3. The summed E-state index contributed by atoms with van der Waals surface area (Å²) >= 11 is 0. The molecule has 0 aliphatic heterocycles. The number of amides is 2. The number of pyridine rings is 1. The van der Waals surface area contributed by atoms with Crippen LogP contribution in [0.3, 0.4) is 0 Å². The van der Waals surface area contributed by atoms with E-state index in [1.807, 2.05) is 42.5 Å². The Labute approximate surface area is 171 Å². The molecule has 4 aromatic rings. The van der Waals surface area contributed by atoms with E-state index >= 15 is 0 Å². The van der Waals surface area contributed by atoms with E-state index in [0.29, 0.717) is 17.6 Å². The van der Waals surface area contributed by atoms with Crippen LogP contribution in [-0.4, -0.2) is 31.8 Å². The Balaban J connectivity index is 1.72. The van der Waals surface area contributed by atoms with Gasteiger partial charge in [0.25, 0.3) is 5.91 Å². The number of nitrogens with zero attached hydrogens (tertiary/aromatic N) is 3. The highest BCUT2D eigenvalue weighted by Gasteiger charge is 2.24. The molecule has 4 N–H and O–H groups in total. The molecule has 0 saturated heterocycles. The quantitative estimate of drug-likeness (QED) is 0.338. The molecule has 0 radical (unpaired) electrons. The number of carbonyl (C=O) groups is 2. The van der Waals surface area contributed by atoms with Gasteiger partial charge in [-0.05, 0) is 29.3 Å². The van der Waals surface area contributed by atoms with Crippen LogP contribution in [0.1, 0.15) is 22.0 Å². The van der Waals surface area contributed by atoms with Crippen LogP contribution in [0.15, 0.2) is 73.1 Å². The molecule has 0 saturated carbocycles. The Morgan fingerprint density at radius 1 is 1.03 bits per heavy atom. The Hall–Kier alpha value is -4.04. The number of benzene rings is 2. The fraction of sp³-hybridized carbons (Fsp3) is 0.0909. The molecule has 2 aromatic heterocycles. The van der Waals surface area contributed by atoms with Crippen molar-refractivity contribution in [3.63, 3.8) is 0 Å². The van der Waals surface area contributed by atoms with Gasteiger partial charge in [0, 0.05) is 29.1 Å². The molecule has 1 unspecified atom stereocenters. The molecule has 0 bridgehead atoms. The third kappa shape index (κ3) is 3.76. The zero-order valence-electron chi connectivity index (χ0n) is 15.9. The maximum absolute atomic E-state index is 12.4. The predicted molar refractivity (Wildman–Crippen MR) is 111 cm³/mol. The lowest BCUT2D eigenvalue weighted by atomic mass is 10.0. The van der Waals surface area contributed by atoms with Gasteiger partial charge in [0.15, 0.2) is 5.65 Å². The number of nitrogens with one attached hydrogen (secondary N) is 1. The van der Waals surface area contributed by atoms with Crippen molar-refractivity contribution in [1.29, 1.82) is 0 Å². The van der Waals surface area contributed by atoms with E-state index < -0.39 is 17.9 Å². The number of fused-ring (bicyclic) bond motifs is 1. The van der Waals surface area contributed by atoms with Crippen molar-refractivity contribution in [2.75, 3.05) is 0 Å². The number of carbonyl (C=O) groups excluding carboxylic acids is 2. The highest BCUT2D eigenvalue weighted by atomic mass is 16.5. The monoisotopic (exact) mass is 401 g/mol. The van der Waals surface area contributed by atoms with Gasteiger partial charge >= 0.3 is 0 Å². The van der Waals surface area contributed by atoms with Crippen molar-refractivity contribution in [2.45, 2.75) is 12.5 Å². The summed E-state index contributed by atoms with van der Waals surface area (Å²) in [6, 6.07) is 17.5. The number of rotatable bonds is 6. The second-order valence-electron chi connectivity index (χ2n) is 6.85. The fourth-order valence-electron chi connectivity index (χ4n) is 3.38. The maximum atomic E-state index is 12.4. The number of hydroxylamine groups is 1. The Morgan fingerprint density at radius 3 is 2.57 bits per heavy atom. The molecule has 150 valence electrons. The second-order valence-corrected chi connectivity index (χ2v) is 6.85. The van der Waals surface area contributed by atoms with Crippen LogP contribution in [0.5, 0.6) is 0 Å². The highest BCUT2D eigenvalue weighted by molar-refractivity contribution is 5.94. The molecule has 8 nitrogen and oxygen atoms in total. The minimum absolute atomic E-state index is 0.341. The van der Waals surface area contributed by atoms with E-state index in [1.165, 1.54) is 4.68 Å². The number of hydrogen-bond acceptors (Lipinski definition) is 5. The Bertz CT molecular complexity index is 1220. The van der Waals surface area contributed by atoms with Crippen molar-refractivity contribution in [2.24, 2.45) is 5.73 Å². The number of hydrogen-bond donors (Lipinski definition) is 3. The lowest BCUT2D eigenvalue weighted by Crippen LogP contribution is -2.32. The Morgan fingerprint density at radius 2 is 1.83 bits per heavy atom. The standard InChI is InChI=1S/C22H19N5O3/c23-20(28)16-8-4-7-15(10-16)17-11-18-13-25-27(21(18)24-12-17)19(22(29)26-30)9-14-5-2-1-3-6-14/h1-8,10-13,19,30H,9H2,(H2,23,28)(H,26,29). The first-order valence-corrected chi connectivity index (χ1v) is 9.28. The molecular weight excluding hydrogens is 382 g/mol. The van der Waals surface area contributed by atoms with E-state index in [0.717, 1.165) is 22.1 Å². The normalized spacial score (nSPS) is 11.9. The zero-order valence-corrected chi connectivity index (χ0v) is 15.9. The van der Waals surface area contributed by atoms with Crippen molar-refractivity contribution < 1.29 is 14.8 Å². The molecule has 0 aliphatic rings. The third-order valence-corrected chi connectivity index (χ3v) is 4.89. The molecule has 2 heterocycles. The van der Waals surface area contributed by atoms with Gasteiger partial charge in [0.2, 0.25) is 5.91 Å². The SMILES string of the molecule is NC(=O)c1cccc(-c2cnc3c(cnn3C(Cc3ccccc3)C(=O)NO)c2)c1. The molecule has 1 atom stereocenters. The van der Waals surface area contributed by atoms with Gasteiger partial charge in [0.05, 0.1) is 6.20 Å². The summed E-state index contributed by atoms with van der Waals surface area (Å²) in [5, 5.41) is 14.3. The summed E-state index contributed by atoms with van der Waals surface area (Å²) in [5.74, 6) is -1.08. The average Bonchev–Trinajstić information content (AvgIpc) is 3.20. The van der Waals surface area contributed by atoms with E-state index in [2.05, 4.69) is 10.1 Å². The molecule has 0 aliphatic carbocycles. The lowest BCUT2D eigenvalue weighted by molar-refractivity contribution is -0.132. The molecule has 4 rings (SSSR count). The molecule has 0 spiro atoms. The molecule has 2 aromatic carbocycles. The van der Waals surface area contributed by atoms with E-state index in [-0.39, 0.29) is 0 Å². The molecule has 2 amide bonds. The van der Waals surface area contributed by atoms with Gasteiger partial charge in [0.1, 0.15) is 6.04 Å². The topological polar surface area (TPSA) is 123 Å². The van der Waals surface area contributed by atoms with Gasteiger partial charge in [-0.3, -0.25) is 14.8 Å². The van der Waals surface area contributed by atoms with E-state index in [4.69, 9.17) is 5.73 Å². The molecule has 0 fully saturated rings. The van der Waals surface area contributed by atoms with Crippen LogP contribution in [0.2, 0.25) is 0 Å². The highest BCUT2D eigenvalue weighted by Crippen LogP contribution is 2.26. The van der Waals surface area contributed by atoms with Crippen LogP contribution in [0.25, 0.3) is 22.2 Å². The fourth-order valence-corrected chi connectivity index (χ4v) is 3.38. The van der Waals surface area contributed by atoms with Gasteiger partial charge < -0.3 is 5.73 Å². The van der Waals surface area contributed by atoms with E-state index in [9.17, 15) is 14.8 Å². The Kier molecular flexibility index (Phi) is 5.23. The predicted octanol–water partition coefficient (Wildman–Crippen LogP) is 2.49. The van der Waals surface area contributed by atoms with Gasteiger partial charge in [-0.1, -0.05) is 42.5 Å². The summed E-state index contributed by atoms with van der Waals surface area (Å²) in [5.41, 5.74) is 10.5. The van der Waals surface area contributed by atoms with Gasteiger partial charge in [-0.2, -0.15) is 5.10 Å². The van der Waals surface area contributed by atoms with Gasteiger partial charge in [-0.15, -0.1) is 0 Å². The first-order valence-electron chi connectivity index (χ1n) is 9.28. The smallest absolute Gasteiger partial charge is 0.268 e. The summed E-state index contributed by atoms with van der Waals surface area (Å²) < 4.78 is 1.50. The largest absolute Gasteiger partial charge is 0.366 e. The lowest BCUT2D eigenvalue weighted by Gasteiger charge is -2.16. The van der Waals surface area contributed by atoms with E-state index in [1.54, 1.807) is 36.1 Å². The minimum atomic E-state index is -0.772. The summed E-state index contributed by atoms with van der Waals surface area (Å²) in [6.07, 6.45) is 3.61. The van der Waals surface area contributed by atoms with Crippen molar-refractivity contribution in [3.05, 3.63) is 84.2 Å². The maximum Gasteiger partial charge on any atom is 0.268 e. The summed E-state index contributed by atoms with van der Waals surface area (Å²) in [7, 11) is 0. The van der Waals surface area contributed by atoms with Crippen molar-refractivity contribution >= 4 is 22.8 Å². The van der Waals surface area contributed by atoms with Gasteiger partial charge in [-0.25, -0.2) is 15.1 Å². The van der Waals surface area contributed by atoms with Crippen LogP contribution in [-0.2, 0) is 11.2 Å². The van der Waals surface area contributed by atoms with Crippen LogP contribution in [0.4, 0.5) is 0 Å². The minimum Gasteiger partial charge on any atom is -0.366 e. The zero-order chi connectivity index (χ0) is 21.1. The van der Waals surface area contributed by atoms with Crippen LogP contribution >= 0.6 is 0 Å². The molecular formula is C22H19N5O3. The third-order valence-electron chi connectivity index (χ3n) is 4.89. The number of nitrogens with two attached hydrogens (primary N) is 1. The number of primary amides is 1. The first-order chi connectivity index (χ1) is 14.6. The number of aromatic nitrogens is 3. The molecule has 30 heavy (non-hydrogen) atoms. The average molecular weight is 401 g/mol. The van der Waals surface area contributed by atoms with Crippen LogP contribution in [0, 0.1) is 0 Å². The van der Waals surface area contributed by atoms with Crippen LogP contribution < -0.4 is 11.2 Å². The molecule has 8 heteroatoms. The summed E-state index contributed by atoms with van der Waals surface area (Å²) in [6.45, 7) is 0. The second kappa shape index (κ2) is 8.14. The van der Waals surface area contributed by atoms with Crippen molar-refractivity contribution in [1.82, 2.24) is 20.2 Å². The first kappa shape index (κ1) is 19.3.